The van der Waals surface area contributed by atoms with Crippen LogP contribution < -0.4 is 20.3 Å². The summed E-state index contributed by atoms with van der Waals surface area (Å²) in [5, 5.41) is 8.30. The van der Waals surface area contributed by atoms with Gasteiger partial charge in [-0.15, -0.1) is 0 Å². The summed E-state index contributed by atoms with van der Waals surface area (Å²) in [5.41, 5.74) is 2.76. The van der Waals surface area contributed by atoms with Crippen LogP contribution in [0.25, 0.3) is 10.9 Å². The molecular weight excluding hydrogens is 435 g/mol. The van der Waals surface area contributed by atoms with Crippen LogP contribution in [0.3, 0.4) is 0 Å². The number of benzene rings is 2. The van der Waals surface area contributed by atoms with Gasteiger partial charge in [0.2, 0.25) is 0 Å². The molecule has 3 aromatic rings. The smallest absolute Gasteiger partial charge is 0.262 e. The van der Waals surface area contributed by atoms with Crippen molar-refractivity contribution in [1.29, 1.82) is 0 Å². The average molecular weight is 457 g/mol. The summed E-state index contributed by atoms with van der Waals surface area (Å²) in [6.07, 6.45) is 1.19. The van der Waals surface area contributed by atoms with Crippen LogP contribution in [0.1, 0.15) is 12.0 Å². The van der Waals surface area contributed by atoms with Crippen LogP contribution in [-0.2, 0) is 4.79 Å². The first-order valence-electron chi connectivity index (χ1n) is 10.3. The molecule has 160 valence electrons. The number of hydrogen-bond acceptors (Lipinski definition) is 5. The number of amides is 1. The molecule has 2 aliphatic rings. The molecule has 1 amide bonds. The summed E-state index contributed by atoms with van der Waals surface area (Å²) < 4.78 is 5.51. The highest BCUT2D eigenvalue weighted by Gasteiger charge is 2.38. The van der Waals surface area contributed by atoms with Gasteiger partial charge in [-0.05, 0) is 61.4 Å². The molecule has 2 atom stereocenters. The molecule has 0 radical (unpaired) electrons. The molecule has 2 N–H and O–H groups in total. The molecule has 31 heavy (non-hydrogen) atoms. The maximum atomic E-state index is 12.4. The number of piperazine rings is 1. The van der Waals surface area contributed by atoms with Gasteiger partial charge >= 0.3 is 0 Å². The van der Waals surface area contributed by atoms with Gasteiger partial charge in [-0.3, -0.25) is 4.79 Å². The molecule has 2 saturated heterocycles. The zero-order valence-electron chi connectivity index (χ0n) is 17.0. The van der Waals surface area contributed by atoms with E-state index in [4.69, 9.17) is 32.9 Å². The molecule has 2 aliphatic heterocycles. The fraction of sp³-hybridized carbons (Fsp3) is 0.304. The lowest BCUT2D eigenvalue weighted by Crippen LogP contribution is -2.44. The van der Waals surface area contributed by atoms with Gasteiger partial charge in [0.15, 0.2) is 6.61 Å². The third kappa shape index (κ3) is 4.15. The Kier molecular flexibility index (Phi) is 5.38. The summed E-state index contributed by atoms with van der Waals surface area (Å²) in [6.45, 7) is 3.96. The predicted molar refractivity (Wildman–Crippen MR) is 125 cm³/mol. The Bertz CT molecular complexity index is 1170. The Morgan fingerprint density at radius 1 is 1.26 bits per heavy atom. The van der Waals surface area contributed by atoms with Crippen LogP contribution in [0.2, 0.25) is 10.0 Å². The normalized spacial score (nSPS) is 19.8. The number of nitrogens with zero attached hydrogens (tertiary/aromatic N) is 2. The van der Waals surface area contributed by atoms with Crippen LogP contribution in [0.15, 0.2) is 42.5 Å². The van der Waals surface area contributed by atoms with Crippen LogP contribution in [-0.4, -0.2) is 42.7 Å². The number of carbonyl (C=O) groups is 1. The van der Waals surface area contributed by atoms with Crippen molar-refractivity contribution in [2.75, 3.05) is 29.9 Å². The number of rotatable bonds is 5. The standard InChI is InChI=1S/C23H22Cl2N4O2/c1-13-6-22(29-11-16-8-17(29)10-26-16)28-20-4-3-15(9-18(13)20)27-23(30)12-31-21-5-2-14(24)7-19(21)25/h2-7,9,16-17,26H,8,10-12H2,1H3,(H,27,30). The van der Waals surface area contributed by atoms with E-state index in [-0.39, 0.29) is 12.5 Å². The monoisotopic (exact) mass is 456 g/mol. The number of ether oxygens (including phenoxy) is 1. The van der Waals surface area contributed by atoms with Gasteiger partial charge in [-0.2, -0.15) is 0 Å². The molecule has 0 saturated carbocycles. The number of aryl methyl sites for hydroxylation is 1. The topological polar surface area (TPSA) is 66.5 Å². The van der Waals surface area contributed by atoms with E-state index in [1.54, 1.807) is 18.2 Å². The molecule has 2 aromatic carbocycles. The van der Waals surface area contributed by atoms with Crippen LogP contribution >= 0.6 is 23.2 Å². The Morgan fingerprint density at radius 3 is 2.87 bits per heavy atom. The molecule has 2 unspecified atom stereocenters. The van der Waals surface area contributed by atoms with Gasteiger partial charge < -0.3 is 20.3 Å². The molecule has 6 nitrogen and oxygen atoms in total. The van der Waals surface area contributed by atoms with Crippen LogP contribution in [0, 0.1) is 6.92 Å². The highest BCUT2D eigenvalue weighted by atomic mass is 35.5. The molecule has 2 fully saturated rings. The molecule has 5 rings (SSSR count). The second-order valence-corrected chi connectivity index (χ2v) is 8.93. The number of carbonyl (C=O) groups excluding carboxylic acids is 1. The number of aromatic nitrogens is 1. The molecular formula is C23H22Cl2N4O2. The molecule has 2 bridgehead atoms. The van der Waals surface area contributed by atoms with E-state index < -0.39 is 0 Å². The van der Waals surface area contributed by atoms with E-state index in [0.717, 1.165) is 35.4 Å². The summed E-state index contributed by atoms with van der Waals surface area (Å²) in [7, 11) is 0. The maximum absolute atomic E-state index is 12.4. The van der Waals surface area contributed by atoms with E-state index >= 15 is 0 Å². The number of nitrogens with one attached hydrogen (secondary N) is 2. The van der Waals surface area contributed by atoms with Gasteiger partial charge in [0.05, 0.1) is 10.5 Å². The van der Waals surface area contributed by atoms with E-state index in [1.807, 2.05) is 18.2 Å². The summed E-state index contributed by atoms with van der Waals surface area (Å²) in [4.78, 5) is 19.6. The number of hydrogen-bond donors (Lipinski definition) is 2. The third-order valence-electron chi connectivity index (χ3n) is 5.89. The Balaban J connectivity index is 1.28. The van der Waals surface area contributed by atoms with E-state index in [9.17, 15) is 4.79 Å². The lowest BCUT2D eigenvalue weighted by Gasteiger charge is -2.29. The molecule has 3 heterocycles. The van der Waals surface area contributed by atoms with E-state index in [0.29, 0.717) is 33.6 Å². The zero-order valence-corrected chi connectivity index (χ0v) is 18.5. The van der Waals surface area contributed by atoms with Gasteiger partial charge in [0.25, 0.3) is 5.91 Å². The SMILES string of the molecule is Cc1cc(N2CC3CC2CN3)nc2ccc(NC(=O)COc3ccc(Cl)cc3Cl)cc12. The summed E-state index contributed by atoms with van der Waals surface area (Å²) in [6, 6.07) is 13.9. The molecule has 0 spiro atoms. The van der Waals surface area contributed by atoms with Crippen molar-refractivity contribution in [3.8, 4) is 5.75 Å². The minimum Gasteiger partial charge on any atom is -0.482 e. The van der Waals surface area contributed by atoms with Crippen molar-refractivity contribution in [2.24, 2.45) is 0 Å². The fourth-order valence-electron chi connectivity index (χ4n) is 4.38. The number of fused-ring (bicyclic) bond motifs is 3. The second kappa shape index (κ2) is 8.19. The van der Waals surface area contributed by atoms with E-state index in [2.05, 4.69) is 28.5 Å². The highest BCUT2D eigenvalue weighted by Crippen LogP contribution is 2.32. The number of halogens is 2. The highest BCUT2D eigenvalue weighted by molar-refractivity contribution is 6.35. The summed E-state index contributed by atoms with van der Waals surface area (Å²) in [5.74, 6) is 1.18. The molecule has 0 aliphatic carbocycles. The van der Waals surface area contributed by atoms with Crippen molar-refractivity contribution >= 4 is 51.5 Å². The average Bonchev–Trinajstić information content (AvgIpc) is 3.37. The van der Waals surface area contributed by atoms with Crippen molar-refractivity contribution < 1.29 is 9.53 Å². The van der Waals surface area contributed by atoms with Crippen molar-refractivity contribution in [3.63, 3.8) is 0 Å². The first-order chi connectivity index (χ1) is 15.0. The van der Waals surface area contributed by atoms with Crippen LogP contribution in [0.5, 0.6) is 5.75 Å². The van der Waals surface area contributed by atoms with Gasteiger partial charge in [-0.1, -0.05) is 23.2 Å². The zero-order chi connectivity index (χ0) is 21.5. The lowest BCUT2D eigenvalue weighted by molar-refractivity contribution is -0.118. The van der Waals surface area contributed by atoms with Crippen molar-refractivity contribution in [3.05, 3.63) is 58.1 Å². The molecule has 8 heteroatoms. The van der Waals surface area contributed by atoms with Crippen LogP contribution in [0.4, 0.5) is 11.5 Å². The fourth-order valence-corrected chi connectivity index (χ4v) is 4.84. The van der Waals surface area contributed by atoms with Crippen molar-refractivity contribution in [1.82, 2.24) is 10.3 Å². The Morgan fingerprint density at radius 2 is 2.13 bits per heavy atom. The first kappa shape index (κ1) is 20.4. The quantitative estimate of drug-likeness (QED) is 0.594. The molecule has 1 aromatic heterocycles. The Hall–Kier alpha value is -2.54. The predicted octanol–water partition coefficient (Wildman–Crippen LogP) is 4.42. The summed E-state index contributed by atoms with van der Waals surface area (Å²) >= 11 is 12.0. The number of pyridine rings is 1. The number of anilines is 2. The van der Waals surface area contributed by atoms with E-state index in [1.165, 1.54) is 6.42 Å². The van der Waals surface area contributed by atoms with Gasteiger partial charge in [0.1, 0.15) is 11.6 Å². The van der Waals surface area contributed by atoms with Crippen molar-refractivity contribution in [2.45, 2.75) is 25.4 Å². The third-order valence-corrected chi connectivity index (χ3v) is 6.42. The van der Waals surface area contributed by atoms with Gasteiger partial charge in [0, 0.05) is 41.3 Å². The largest absolute Gasteiger partial charge is 0.482 e. The minimum absolute atomic E-state index is 0.152. The minimum atomic E-state index is -0.270. The maximum Gasteiger partial charge on any atom is 0.262 e. The second-order valence-electron chi connectivity index (χ2n) is 8.09. The lowest BCUT2D eigenvalue weighted by atomic mass is 10.1. The van der Waals surface area contributed by atoms with Gasteiger partial charge in [-0.25, -0.2) is 4.98 Å². The Labute approximate surface area is 190 Å². The first-order valence-corrected chi connectivity index (χ1v) is 11.0.